The van der Waals surface area contributed by atoms with Crippen molar-refractivity contribution in [3.63, 3.8) is 0 Å². The normalized spacial score (nSPS) is 19.8. The van der Waals surface area contributed by atoms with Crippen molar-refractivity contribution in [2.24, 2.45) is 0 Å². The molecule has 4 heteroatoms. The van der Waals surface area contributed by atoms with Gasteiger partial charge in [-0.2, -0.15) is 0 Å². The molecule has 1 aromatic heterocycles. The Morgan fingerprint density at radius 1 is 1.56 bits per heavy atom. The Labute approximate surface area is 95.2 Å². The lowest BCUT2D eigenvalue weighted by Crippen LogP contribution is -2.18. The van der Waals surface area contributed by atoms with Gasteiger partial charge in [-0.15, -0.1) is 0 Å². The molecule has 0 aliphatic carbocycles. The maximum atomic E-state index is 9.27. The van der Waals surface area contributed by atoms with E-state index in [1.807, 2.05) is 13.1 Å². The van der Waals surface area contributed by atoms with Crippen LogP contribution >= 0.6 is 0 Å². The second kappa shape index (κ2) is 4.80. The van der Waals surface area contributed by atoms with Gasteiger partial charge in [-0.3, -0.25) is 0 Å². The average Bonchev–Trinajstić information content (AvgIpc) is 2.53. The quantitative estimate of drug-likeness (QED) is 0.815. The van der Waals surface area contributed by atoms with Crippen molar-refractivity contribution in [2.75, 3.05) is 6.61 Å². The molecule has 88 valence electrons. The fourth-order valence-electron chi connectivity index (χ4n) is 1.88. The molecule has 16 heavy (non-hydrogen) atoms. The highest BCUT2D eigenvalue weighted by Crippen LogP contribution is 2.28. The van der Waals surface area contributed by atoms with Crippen LogP contribution in [0.3, 0.4) is 0 Å². The van der Waals surface area contributed by atoms with Gasteiger partial charge in [0.25, 0.3) is 0 Å². The zero-order valence-corrected chi connectivity index (χ0v) is 9.75. The van der Waals surface area contributed by atoms with Crippen molar-refractivity contribution in [1.82, 2.24) is 0 Å². The second-order valence-electron chi connectivity index (χ2n) is 4.06. The van der Waals surface area contributed by atoms with Crippen LogP contribution in [0.5, 0.6) is 5.75 Å². The fraction of sp³-hybridized carbons (Fsp3) is 0.583. The van der Waals surface area contributed by atoms with Crippen LogP contribution in [-0.4, -0.2) is 17.8 Å². The molecule has 0 radical (unpaired) electrons. The smallest absolute Gasteiger partial charge is 0.219 e. The molecular formula is C12H18NO3+. The first-order chi connectivity index (χ1) is 7.76. The minimum Gasteiger partial charge on any atom is -0.484 e. The van der Waals surface area contributed by atoms with Crippen LogP contribution in [0.15, 0.2) is 6.20 Å². The number of aromatic nitrogens is 1. The number of rotatable bonds is 2. The van der Waals surface area contributed by atoms with E-state index in [1.165, 1.54) is 0 Å². The molecule has 0 spiro atoms. The van der Waals surface area contributed by atoms with Gasteiger partial charge in [0.05, 0.1) is 24.9 Å². The molecule has 1 aliphatic rings. The monoisotopic (exact) mass is 224 g/mol. The third-order valence-corrected chi connectivity index (χ3v) is 2.97. The number of nitrogens with one attached hydrogen (secondary N) is 1. The minimum absolute atomic E-state index is 0.00260. The van der Waals surface area contributed by atoms with Crippen LogP contribution in [0.1, 0.15) is 30.2 Å². The molecule has 0 aromatic carbocycles. The van der Waals surface area contributed by atoms with E-state index >= 15 is 0 Å². The predicted molar refractivity (Wildman–Crippen MR) is 58.0 cm³/mol. The van der Waals surface area contributed by atoms with Crippen molar-refractivity contribution in [3.05, 3.63) is 23.0 Å². The lowest BCUT2D eigenvalue weighted by Gasteiger charge is -2.10. The number of hydrogen-bond donors (Lipinski definition) is 1. The molecule has 0 bridgehead atoms. The predicted octanol–water partition coefficient (Wildman–Crippen LogP) is 0.989. The molecule has 1 aromatic rings. The summed E-state index contributed by atoms with van der Waals surface area (Å²) >= 11 is 0. The first-order valence-electron chi connectivity index (χ1n) is 5.64. The summed E-state index contributed by atoms with van der Waals surface area (Å²) in [5, 5.41) is 9.27. The molecule has 0 saturated heterocycles. The van der Waals surface area contributed by atoms with E-state index in [2.05, 4.69) is 11.9 Å². The lowest BCUT2D eigenvalue weighted by atomic mass is 10.1. The number of fused-ring (bicyclic) bond motifs is 1. The Kier molecular flexibility index (Phi) is 3.41. The summed E-state index contributed by atoms with van der Waals surface area (Å²) in [6, 6.07) is 0. The lowest BCUT2D eigenvalue weighted by molar-refractivity contribution is -0.389. The van der Waals surface area contributed by atoms with Gasteiger partial charge in [-0.1, -0.05) is 6.92 Å². The number of H-pyrrole nitrogens is 1. The van der Waals surface area contributed by atoms with E-state index in [-0.39, 0.29) is 12.7 Å². The Morgan fingerprint density at radius 3 is 3.06 bits per heavy atom. The van der Waals surface area contributed by atoms with Gasteiger partial charge in [0, 0.05) is 12.5 Å². The van der Waals surface area contributed by atoms with Gasteiger partial charge < -0.3 is 14.6 Å². The topological polar surface area (TPSA) is 52.8 Å². The molecule has 2 N–H and O–H groups in total. The number of aryl methyl sites for hydroxylation is 1. The van der Waals surface area contributed by atoms with Crippen molar-refractivity contribution in [3.8, 4) is 5.75 Å². The highest BCUT2D eigenvalue weighted by Gasteiger charge is 2.23. The zero-order valence-electron chi connectivity index (χ0n) is 9.75. The number of aromatic amines is 1. The van der Waals surface area contributed by atoms with Gasteiger partial charge in [0.1, 0.15) is 6.61 Å². The van der Waals surface area contributed by atoms with Crippen LogP contribution < -0.4 is 9.72 Å². The van der Waals surface area contributed by atoms with Crippen LogP contribution in [0.4, 0.5) is 0 Å². The molecule has 1 unspecified atom stereocenters. The standard InChI is InChI=1S/C12H17NO3/c1-3-10-6-16-12-8(2)13-4-9(5-14)11(12)7-15-10/h4,10,14H,3,5-7H2,1-2H3/p+1. The summed E-state index contributed by atoms with van der Waals surface area (Å²) in [6.45, 7) is 5.14. The van der Waals surface area contributed by atoms with Gasteiger partial charge in [0.15, 0.2) is 11.9 Å². The average molecular weight is 224 g/mol. The van der Waals surface area contributed by atoms with E-state index in [0.29, 0.717) is 13.2 Å². The summed E-state index contributed by atoms with van der Waals surface area (Å²) < 4.78 is 11.5. The number of aliphatic hydroxyl groups is 1. The van der Waals surface area contributed by atoms with Gasteiger partial charge in [-0.05, 0) is 6.42 Å². The fourth-order valence-corrected chi connectivity index (χ4v) is 1.88. The van der Waals surface area contributed by atoms with Crippen molar-refractivity contribution >= 4 is 0 Å². The van der Waals surface area contributed by atoms with Crippen LogP contribution in [0, 0.1) is 6.92 Å². The van der Waals surface area contributed by atoms with E-state index < -0.39 is 0 Å². The summed E-state index contributed by atoms with van der Waals surface area (Å²) in [6.07, 6.45) is 2.89. The van der Waals surface area contributed by atoms with E-state index in [9.17, 15) is 5.11 Å². The highest BCUT2D eigenvalue weighted by atomic mass is 16.5. The molecule has 0 fully saturated rings. The minimum atomic E-state index is 0.00260. The number of ether oxygens (including phenoxy) is 2. The number of aliphatic hydroxyl groups excluding tert-OH is 1. The molecular weight excluding hydrogens is 206 g/mol. The Hall–Kier alpha value is -1.13. The van der Waals surface area contributed by atoms with Crippen LogP contribution in [-0.2, 0) is 18.0 Å². The van der Waals surface area contributed by atoms with Crippen LogP contribution in [0.2, 0.25) is 0 Å². The Balaban J connectivity index is 2.35. The second-order valence-corrected chi connectivity index (χ2v) is 4.06. The molecule has 4 nitrogen and oxygen atoms in total. The number of hydrogen-bond acceptors (Lipinski definition) is 3. The maximum Gasteiger partial charge on any atom is 0.219 e. The molecule has 1 aliphatic heterocycles. The molecule has 2 heterocycles. The SMILES string of the molecule is CCC1COc2c(C)[nH+]cc(CO)c2CO1. The van der Waals surface area contributed by atoms with E-state index in [1.54, 1.807) is 0 Å². The van der Waals surface area contributed by atoms with Crippen molar-refractivity contribution in [2.45, 2.75) is 39.6 Å². The molecule has 1 atom stereocenters. The zero-order chi connectivity index (χ0) is 11.5. The van der Waals surface area contributed by atoms with Gasteiger partial charge in [-0.25, -0.2) is 4.98 Å². The van der Waals surface area contributed by atoms with Crippen molar-refractivity contribution in [1.29, 1.82) is 0 Å². The third kappa shape index (κ3) is 2.03. The Bertz CT molecular complexity index is 379. The van der Waals surface area contributed by atoms with Gasteiger partial charge >= 0.3 is 0 Å². The molecule has 0 amide bonds. The van der Waals surface area contributed by atoms with E-state index in [0.717, 1.165) is 29.0 Å². The Morgan fingerprint density at radius 2 is 2.38 bits per heavy atom. The summed E-state index contributed by atoms with van der Waals surface area (Å²) in [5.41, 5.74) is 2.79. The highest BCUT2D eigenvalue weighted by molar-refractivity contribution is 5.39. The third-order valence-electron chi connectivity index (χ3n) is 2.97. The summed E-state index contributed by atoms with van der Waals surface area (Å²) in [5.74, 6) is 0.836. The van der Waals surface area contributed by atoms with Crippen molar-refractivity contribution < 1.29 is 19.6 Å². The summed E-state index contributed by atoms with van der Waals surface area (Å²) in [4.78, 5) is 3.10. The first-order valence-corrected chi connectivity index (χ1v) is 5.64. The summed E-state index contributed by atoms with van der Waals surface area (Å²) in [7, 11) is 0. The van der Waals surface area contributed by atoms with Gasteiger partial charge in [0.2, 0.25) is 5.69 Å². The maximum absolute atomic E-state index is 9.27. The molecule has 0 saturated carbocycles. The van der Waals surface area contributed by atoms with Crippen LogP contribution in [0.25, 0.3) is 0 Å². The number of pyridine rings is 1. The molecule has 2 rings (SSSR count). The van der Waals surface area contributed by atoms with E-state index in [4.69, 9.17) is 9.47 Å². The first kappa shape index (κ1) is 11.4. The largest absolute Gasteiger partial charge is 0.484 e.